The summed E-state index contributed by atoms with van der Waals surface area (Å²) in [6.45, 7) is 2.27. The fraction of sp³-hybridized carbons (Fsp3) is 0.0952. The van der Waals surface area contributed by atoms with Gasteiger partial charge in [0.25, 0.3) is 5.91 Å². The number of carbonyl (C=O) groups excluding carboxylic acids is 1. The topological polar surface area (TPSA) is 70.7 Å². The number of benzene rings is 2. The van der Waals surface area contributed by atoms with Gasteiger partial charge in [-0.05, 0) is 37.3 Å². The highest BCUT2D eigenvalue weighted by Crippen LogP contribution is 2.27. The van der Waals surface area contributed by atoms with Crippen LogP contribution in [-0.2, 0) is 4.79 Å². The summed E-state index contributed by atoms with van der Waals surface area (Å²) in [6.07, 6.45) is 3.40. The van der Waals surface area contributed by atoms with Crippen LogP contribution in [0.2, 0.25) is 0 Å². The van der Waals surface area contributed by atoms with Gasteiger partial charge >= 0.3 is 0 Å². The average molecular weight is 421 g/mol. The van der Waals surface area contributed by atoms with Gasteiger partial charge in [-0.1, -0.05) is 46.3 Å². The zero-order chi connectivity index (χ0) is 19.2. The molecule has 0 atom stereocenters. The highest BCUT2D eigenvalue weighted by atomic mass is 79.9. The van der Waals surface area contributed by atoms with E-state index >= 15 is 0 Å². The van der Waals surface area contributed by atoms with Crippen LogP contribution in [0.1, 0.15) is 12.5 Å². The van der Waals surface area contributed by atoms with E-state index in [0.717, 1.165) is 15.7 Å². The third-order valence-corrected chi connectivity index (χ3v) is 4.41. The monoisotopic (exact) mass is 420 g/mol. The van der Waals surface area contributed by atoms with Crippen molar-refractivity contribution in [2.45, 2.75) is 6.92 Å². The van der Waals surface area contributed by atoms with Crippen molar-refractivity contribution < 1.29 is 4.79 Å². The first kappa shape index (κ1) is 18.6. The first-order valence-electron chi connectivity index (χ1n) is 8.43. The first-order chi connectivity index (χ1) is 13.1. The van der Waals surface area contributed by atoms with Crippen LogP contribution in [0, 0.1) is 11.3 Å². The van der Waals surface area contributed by atoms with Gasteiger partial charge in [0.1, 0.15) is 11.6 Å². The zero-order valence-corrected chi connectivity index (χ0v) is 16.3. The van der Waals surface area contributed by atoms with E-state index in [1.807, 2.05) is 73.8 Å². The second-order valence-corrected chi connectivity index (χ2v) is 6.67. The Kier molecular flexibility index (Phi) is 5.84. The molecule has 134 valence electrons. The Hall–Kier alpha value is -3.17. The molecule has 3 aromatic rings. The lowest BCUT2D eigenvalue weighted by Gasteiger charge is -2.02. The van der Waals surface area contributed by atoms with Gasteiger partial charge in [-0.15, -0.1) is 0 Å². The summed E-state index contributed by atoms with van der Waals surface area (Å²) < 4.78 is 2.71. The van der Waals surface area contributed by atoms with Gasteiger partial charge < -0.3 is 5.32 Å². The summed E-state index contributed by atoms with van der Waals surface area (Å²) >= 11 is 3.43. The number of halogens is 1. The quantitative estimate of drug-likeness (QED) is 0.492. The number of amides is 1. The van der Waals surface area contributed by atoms with E-state index in [2.05, 4.69) is 26.3 Å². The molecule has 0 aliphatic rings. The molecule has 0 spiro atoms. The molecule has 1 aromatic heterocycles. The molecular formula is C21H17BrN4O. The second kappa shape index (κ2) is 8.47. The molecule has 0 unspecified atom stereocenters. The van der Waals surface area contributed by atoms with Gasteiger partial charge in [-0.3, -0.25) is 4.79 Å². The van der Waals surface area contributed by atoms with Crippen LogP contribution in [-0.4, -0.2) is 22.2 Å². The number of carbonyl (C=O) groups is 1. The molecule has 1 heterocycles. The molecule has 2 aromatic carbocycles. The van der Waals surface area contributed by atoms with Gasteiger partial charge in [-0.25, -0.2) is 4.68 Å². The fourth-order valence-electron chi connectivity index (χ4n) is 2.60. The summed E-state index contributed by atoms with van der Waals surface area (Å²) in [5, 5.41) is 16.7. The molecule has 6 heteroatoms. The van der Waals surface area contributed by atoms with Crippen LogP contribution < -0.4 is 5.32 Å². The summed E-state index contributed by atoms with van der Waals surface area (Å²) in [5.74, 6) is -0.394. The molecule has 1 N–H and O–H groups in total. The summed E-state index contributed by atoms with van der Waals surface area (Å²) in [5.41, 5.74) is 3.23. The first-order valence-corrected chi connectivity index (χ1v) is 9.22. The van der Waals surface area contributed by atoms with Crippen LogP contribution in [0.5, 0.6) is 0 Å². The Labute approximate surface area is 166 Å². The number of nitrogens with one attached hydrogen (secondary N) is 1. The van der Waals surface area contributed by atoms with Crippen molar-refractivity contribution in [1.82, 2.24) is 15.1 Å². The minimum absolute atomic E-state index is 0.0443. The molecular weight excluding hydrogens is 404 g/mol. The van der Waals surface area contributed by atoms with Gasteiger partial charge in [-0.2, -0.15) is 10.4 Å². The maximum absolute atomic E-state index is 12.1. The molecule has 3 rings (SSSR count). The SMILES string of the molecule is CCNC(=O)/C(C#N)=C/c1cn(-c2ccccc2)nc1-c1ccc(Br)cc1. The highest BCUT2D eigenvalue weighted by Gasteiger charge is 2.14. The molecule has 0 saturated carbocycles. The minimum Gasteiger partial charge on any atom is -0.352 e. The van der Waals surface area contributed by atoms with Crippen LogP contribution >= 0.6 is 15.9 Å². The molecule has 0 fully saturated rings. The number of likely N-dealkylation sites (N-methyl/N-ethyl adjacent to an activating group) is 1. The number of aromatic nitrogens is 2. The Bertz CT molecular complexity index is 1010. The second-order valence-electron chi connectivity index (χ2n) is 5.75. The van der Waals surface area contributed by atoms with Crippen molar-refractivity contribution in [2.24, 2.45) is 0 Å². The maximum Gasteiger partial charge on any atom is 0.261 e. The highest BCUT2D eigenvalue weighted by molar-refractivity contribution is 9.10. The lowest BCUT2D eigenvalue weighted by molar-refractivity contribution is -0.116. The van der Waals surface area contributed by atoms with E-state index in [0.29, 0.717) is 17.8 Å². The van der Waals surface area contributed by atoms with Crippen LogP contribution in [0.25, 0.3) is 23.0 Å². The molecule has 5 nitrogen and oxygen atoms in total. The lowest BCUT2D eigenvalue weighted by atomic mass is 10.1. The number of hydrogen-bond donors (Lipinski definition) is 1. The van der Waals surface area contributed by atoms with E-state index < -0.39 is 5.91 Å². The molecule has 0 aliphatic heterocycles. The maximum atomic E-state index is 12.1. The van der Waals surface area contributed by atoms with Crippen molar-refractivity contribution >= 4 is 27.9 Å². The number of nitrogens with zero attached hydrogens (tertiary/aromatic N) is 3. The van der Waals surface area contributed by atoms with Crippen molar-refractivity contribution in [1.29, 1.82) is 5.26 Å². The van der Waals surface area contributed by atoms with Crippen molar-refractivity contribution in [3.8, 4) is 23.0 Å². The summed E-state index contributed by atoms with van der Waals surface area (Å²) in [4.78, 5) is 12.1. The number of para-hydroxylation sites is 1. The predicted octanol–water partition coefficient (Wildman–Crippen LogP) is 4.34. The largest absolute Gasteiger partial charge is 0.352 e. The third-order valence-electron chi connectivity index (χ3n) is 3.88. The van der Waals surface area contributed by atoms with Crippen molar-refractivity contribution in [3.05, 3.63) is 76.4 Å². The number of rotatable bonds is 5. The molecule has 1 amide bonds. The van der Waals surface area contributed by atoms with Gasteiger partial charge in [0.15, 0.2) is 0 Å². The average Bonchev–Trinajstić information content (AvgIpc) is 3.11. The summed E-state index contributed by atoms with van der Waals surface area (Å²) in [6, 6.07) is 19.4. The molecule has 27 heavy (non-hydrogen) atoms. The van der Waals surface area contributed by atoms with E-state index in [1.54, 1.807) is 10.8 Å². The Morgan fingerprint density at radius 1 is 1.22 bits per heavy atom. The Morgan fingerprint density at radius 3 is 2.56 bits per heavy atom. The lowest BCUT2D eigenvalue weighted by Crippen LogP contribution is -2.23. The Morgan fingerprint density at radius 2 is 1.93 bits per heavy atom. The van der Waals surface area contributed by atoms with E-state index in [1.165, 1.54) is 0 Å². The third kappa shape index (κ3) is 4.33. The van der Waals surface area contributed by atoms with E-state index in [9.17, 15) is 10.1 Å². The number of hydrogen-bond acceptors (Lipinski definition) is 3. The van der Waals surface area contributed by atoms with Crippen LogP contribution in [0.15, 0.2) is 70.8 Å². The normalized spacial score (nSPS) is 11.1. The molecule has 0 aliphatic carbocycles. The smallest absolute Gasteiger partial charge is 0.261 e. The molecule has 0 saturated heterocycles. The van der Waals surface area contributed by atoms with E-state index in [4.69, 9.17) is 0 Å². The zero-order valence-electron chi connectivity index (χ0n) is 14.7. The molecule has 0 bridgehead atoms. The van der Waals surface area contributed by atoms with Crippen molar-refractivity contribution in [3.63, 3.8) is 0 Å². The predicted molar refractivity (Wildman–Crippen MR) is 109 cm³/mol. The van der Waals surface area contributed by atoms with Gasteiger partial charge in [0.05, 0.1) is 11.4 Å². The fourth-order valence-corrected chi connectivity index (χ4v) is 2.86. The molecule has 0 radical (unpaired) electrons. The van der Waals surface area contributed by atoms with Gasteiger partial charge in [0, 0.05) is 28.3 Å². The Balaban J connectivity index is 2.13. The van der Waals surface area contributed by atoms with Crippen LogP contribution in [0.3, 0.4) is 0 Å². The minimum atomic E-state index is -0.394. The standard InChI is InChI=1S/C21H17BrN4O/c1-2-24-21(27)16(13-23)12-17-14-26(19-6-4-3-5-7-19)25-20(17)15-8-10-18(22)11-9-15/h3-12,14H,2H2,1H3,(H,24,27)/b16-12+. The summed E-state index contributed by atoms with van der Waals surface area (Å²) in [7, 11) is 0. The van der Waals surface area contributed by atoms with Crippen molar-refractivity contribution in [2.75, 3.05) is 6.54 Å². The van der Waals surface area contributed by atoms with Crippen LogP contribution in [0.4, 0.5) is 0 Å². The number of nitriles is 1. The van der Waals surface area contributed by atoms with E-state index in [-0.39, 0.29) is 5.57 Å². The van der Waals surface area contributed by atoms with Gasteiger partial charge in [0.2, 0.25) is 0 Å².